The van der Waals surface area contributed by atoms with Crippen LogP contribution in [0.25, 0.3) is 10.9 Å². The van der Waals surface area contributed by atoms with Crippen molar-refractivity contribution in [3.63, 3.8) is 0 Å². The first-order chi connectivity index (χ1) is 46.2. The number of aromatic hydroxyl groups is 1. The van der Waals surface area contributed by atoms with Crippen molar-refractivity contribution < 1.29 is 58.2 Å². The third kappa shape index (κ3) is 19.8. The van der Waals surface area contributed by atoms with Crippen LogP contribution in [0, 0.1) is 5.92 Å². The smallest absolute Gasteiger partial charge is 0.260 e. The molecule has 3 aromatic heterocycles. The maximum Gasteiger partial charge on any atom is 0.260 e. The van der Waals surface area contributed by atoms with Gasteiger partial charge in [0.15, 0.2) is 5.96 Å². The molecule has 30 nitrogen and oxygen atoms in total. The quantitative estimate of drug-likeness (QED) is 0.00769. The third-order valence-corrected chi connectivity index (χ3v) is 16.6. The number of aliphatic hydroxyl groups is 1. The number of para-hydroxylation sites is 1. The van der Waals surface area contributed by atoms with Gasteiger partial charge in [0, 0.05) is 99.7 Å². The number of H-pyrrole nitrogens is 2. The fourth-order valence-corrected chi connectivity index (χ4v) is 11.7. The van der Waals surface area contributed by atoms with E-state index in [0.717, 1.165) is 10.6 Å². The van der Waals surface area contributed by atoms with Gasteiger partial charge < -0.3 is 83.1 Å². The zero-order valence-electron chi connectivity index (χ0n) is 53.9. The van der Waals surface area contributed by atoms with Gasteiger partial charge in [0.2, 0.25) is 47.3 Å². The van der Waals surface area contributed by atoms with E-state index in [2.05, 4.69) is 67.6 Å². The summed E-state index contributed by atoms with van der Waals surface area (Å²) >= 11 is 0. The van der Waals surface area contributed by atoms with Crippen molar-refractivity contribution in [2.45, 2.75) is 152 Å². The molecule has 2 aliphatic rings. The Hall–Kier alpha value is -10.5. The summed E-state index contributed by atoms with van der Waals surface area (Å²) in [7, 11) is 0. The average Bonchev–Trinajstić information content (AvgIpc) is 1.52. The maximum absolute atomic E-state index is 15.3. The molecule has 96 heavy (non-hydrogen) atoms. The number of imidazole rings is 2. The number of rotatable bonds is 35. The molecule has 2 aliphatic heterocycles. The zero-order valence-corrected chi connectivity index (χ0v) is 53.9. The molecule has 6 aromatic rings. The number of carbonyl (C=O) groups is 10. The highest BCUT2D eigenvalue weighted by Gasteiger charge is 2.41. The summed E-state index contributed by atoms with van der Waals surface area (Å²) in [4.78, 5) is 163. The third-order valence-electron chi connectivity index (χ3n) is 16.6. The highest BCUT2D eigenvalue weighted by molar-refractivity contribution is 5.98. The van der Waals surface area contributed by atoms with E-state index in [1.54, 1.807) is 42.1 Å². The lowest BCUT2D eigenvalue weighted by Gasteiger charge is -2.35. The molecule has 8 rings (SSSR count). The molecule has 0 radical (unpaired) electrons. The first-order valence-electron chi connectivity index (χ1n) is 32.2. The molecule has 30 heteroatoms. The van der Waals surface area contributed by atoms with Gasteiger partial charge in [-0.3, -0.25) is 53.2 Å². The van der Waals surface area contributed by atoms with Crippen molar-refractivity contribution in [1.82, 2.24) is 77.1 Å². The molecular weight excluding hydrogens is 1240 g/mol. The Bertz CT molecular complexity index is 3670. The molecule has 9 atom stereocenters. The van der Waals surface area contributed by atoms with Crippen LogP contribution >= 0.6 is 0 Å². The second kappa shape index (κ2) is 34.6. The first-order valence-corrected chi connectivity index (χ1v) is 32.2. The molecule has 0 bridgehead atoms. The summed E-state index contributed by atoms with van der Waals surface area (Å²) in [6, 6.07) is 10.0. The van der Waals surface area contributed by atoms with Gasteiger partial charge in [-0.05, 0) is 86.3 Å². The minimum atomic E-state index is -1.83. The molecule has 2 fully saturated rings. The number of aromatic amines is 2. The molecule has 512 valence electrons. The molecule has 9 amide bonds. The number of likely N-dealkylation sites (N-methyl/N-ethyl adjacent to an activating group) is 1. The summed E-state index contributed by atoms with van der Waals surface area (Å²) < 4.78 is 1.77. The number of hydrazine groups is 1. The summed E-state index contributed by atoms with van der Waals surface area (Å²) in [6.07, 6.45) is 8.61. The topological polar surface area (TPSA) is 441 Å². The summed E-state index contributed by atoms with van der Waals surface area (Å²) in [6.45, 7) is 5.36. The average molecular weight is 1320 g/mol. The summed E-state index contributed by atoms with van der Waals surface area (Å²) in [5.74, 6) is -6.75. The monoisotopic (exact) mass is 1320 g/mol. The number of phenols is 1. The number of aromatic nitrogens is 5. The minimum Gasteiger partial charge on any atom is -0.508 e. The van der Waals surface area contributed by atoms with Gasteiger partial charge in [-0.15, -0.1) is 0 Å². The fourth-order valence-electron chi connectivity index (χ4n) is 11.7. The number of nitrogens with two attached hydrogens (primary N) is 2. The number of aliphatic imine (C=N–C) groups is 1. The van der Waals surface area contributed by atoms with E-state index in [0.29, 0.717) is 65.8 Å². The van der Waals surface area contributed by atoms with E-state index in [9.17, 15) is 39.0 Å². The zero-order chi connectivity index (χ0) is 68.8. The van der Waals surface area contributed by atoms with E-state index < -0.39 is 102 Å². The Morgan fingerprint density at radius 2 is 1.47 bits per heavy atom. The van der Waals surface area contributed by atoms with Crippen molar-refractivity contribution in [3.8, 4) is 5.75 Å². The number of likely N-dealkylation sites (tertiary alicyclic amines) is 1. The lowest BCUT2D eigenvalue weighted by Crippen LogP contribution is -2.65. The van der Waals surface area contributed by atoms with E-state index in [-0.39, 0.29) is 100 Å². The Morgan fingerprint density at radius 1 is 0.781 bits per heavy atom. The van der Waals surface area contributed by atoms with Crippen LogP contribution < -0.4 is 54.1 Å². The molecule has 16 N–H and O–H groups in total. The SMILES string of the molecule is CCNC(=O)[C@@H]1CCCN1C(=O)[C@H](CCCN=C(N)N)NC(=O)[C@H](CC(C)C)NC(=O)C(Cc1nccn1Cc1ccccc1)NC(=O)[C@H](Cc1ccc(O)cc1)NC(=O)[C@H](CO)NN(C(=O)[C@H](Cc1cnc[nH]1)NC(=O)C1CCC(=O)N1)[C@H](C=O)Cc1c[nH]c2ccccc12. The summed E-state index contributed by atoms with van der Waals surface area (Å²) in [5, 5.41) is 42.3. The van der Waals surface area contributed by atoms with Crippen LogP contribution in [0.5, 0.6) is 5.75 Å². The normalized spacial score (nSPS) is 16.6. The number of aliphatic hydroxyl groups excluding tert-OH is 1. The maximum atomic E-state index is 15.3. The Labute approximate surface area is 554 Å². The van der Waals surface area contributed by atoms with Crippen LogP contribution in [0.2, 0.25) is 0 Å². The van der Waals surface area contributed by atoms with Crippen molar-refractivity contribution in [3.05, 3.63) is 138 Å². The van der Waals surface area contributed by atoms with Crippen LogP contribution in [0.4, 0.5) is 0 Å². The van der Waals surface area contributed by atoms with Gasteiger partial charge in [-0.2, -0.15) is 0 Å². The van der Waals surface area contributed by atoms with Crippen LogP contribution in [-0.2, 0) is 80.2 Å². The van der Waals surface area contributed by atoms with E-state index in [1.165, 1.54) is 47.9 Å². The standard InChI is InChI=1S/C66H86N18O12/c1-4-70-63(94)55-17-11-26-83(55)64(95)49(16-10-24-72-66(67)68)76-59(90)50(28-39(2)3)77-61(92)52(32-56-71-25-27-82(56)35-41-12-6-5-7-13-41)79-60(91)51(29-40-18-20-45(87)21-19-40)78-62(93)54(37-86)81-84(44(36-85)30-42-33-73-47-15-9-8-14-46(42)47)65(96)53(31-43-34-69-38-74-43)80-58(89)48-22-23-57(88)75-48/h5-9,12-15,18-21,25,27,33-34,36,38-39,44,48-55,73,81,86-87H,4,10-11,16-17,22-24,26,28-32,35,37H2,1-3H3,(H,69,74)(H,70,94)(H,75,88)(H,76,90)(H,77,92)(H,78,93)(H,79,91)(H,80,89)(H4,67,68,72)/t44-,48?,49-,50-,51-,52?,53-,54-,55-/m0/s1. The van der Waals surface area contributed by atoms with Crippen LogP contribution in [-0.4, -0.2) is 191 Å². The number of carbonyl (C=O) groups excluding carboxylic acids is 10. The second-order valence-electron chi connectivity index (χ2n) is 24.3. The number of hydrogen-bond donors (Lipinski definition) is 14. The highest BCUT2D eigenvalue weighted by Crippen LogP contribution is 2.23. The number of phenolic OH excluding ortho intramolecular Hbond substituents is 1. The van der Waals surface area contributed by atoms with Crippen molar-refractivity contribution in [2.75, 3.05) is 26.2 Å². The highest BCUT2D eigenvalue weighted by atomic mass is 16.3. The largest absolute Gasteiger partial charge is 0.508 e. The number of fused-ring (bicyclic) bond motifs is 1. The summed E-state index contributed by atoms with van der Waals surface area (Å²) in [5.41, 5.74) is 16.9. The van der Waals surface area contributed by atoms with Gasteiger partial charge in [0.1, 0.15) is 72.2 Å². The predicted molar refractivity (Wildman–Crippen MR) is 352 cm³/mol. The lowest BCUT2D eigenvalue weighted by atomic mass is 10.0. The Kier molecular flexibility index (Phi) is 25.7. The Morgan fingerprint density at radius 3 is 2.14 bits per heavy atom. The molecule has 0 saturated carbocycles. The molecule has 0 spiro atoms. The van der Waals surface area contributed by atoms with Crippen LogP contribution in [0.3, 0.4) is 0 Å². The number of guanidine groups is 1. The van der Waals surface area contributed by atoms with Gasteiger partial charge in [0.25, 0.3) is 5.91 Å². The van der Waals surface area contributed by atoms with Gasteiger partial charge in [-0.1, -0.05) is 74.5 Å². The number of amides is 9. The molecule has 0 aliphatic carbocycles. The Balaban J connectivity index is 1.11. The van der Waals surface area contributed by atoms with E-state index in [4.69, 9.17) is 11.5 Å². The van der Waals surface area contributed by atoms with E-state index in [1.807, 2.05) is 50.2 Å². The molecule has 2 unspecified atom stereocenters. The lowest BCUT2D eigenvalue weighted by molar-refractivity contribution is -0.147. The molecule has 5 heterocycles. The number of benzene rings is 3. The number of nitrogens with one attached hydrogen (secondary N) is 10. The van der Waals surface area contributed by atoms with Crippen LogP contribution in [0.1, 0.15) is 93.9 Å². The molecule has 3 aromatic carbocycles. The van der Waals surface area contributed by atoms with Crippen molar-refractivity contribution in [1.29, 1.82) is 0 Å². The fraction of sp³-hybridized carbons (Fsp3) is 0.439. The first kappa shape index (κ1) is 71.4. The van der Waals surface area contributed by atoms with Crippen LogP contribution in [0.15, 0.2) is 115 Å². The minimum absolute atomic E-state index is 0.0391. The molecular formula is C66H86N18O12. The number of aldehydes is 1. The second-order valence-corrected chi connectivity index (χ2v) is 24.3. The van der Waals surface area contributed by atoms with E-state index >= 15 is 19.2 Å². The van der Waals surface area contributed by atoms with Crippen molar-refractivity contribution in [2.24, 2.45) is 22.4 Å². The van der Waals surface area contributed by atoms with Gasteiger partial charge >= 0.3 is 0 Å². The number of hydrogen-bond acceptors (Lipinski definition) is 16. The number of nitrogens with zero attached hydrogens (tertiary/aromatic N) is 6. The molecule has 2 saturated heterocycles. The predicted octanol–water partition coefficient (Wildman–Crippen LogP) is -0.697. The van der Waals surface area contributed by atoms with Crippen molar-refractivity contribution >= 4 is 76.3 Å². The van der Waals surface area contributed by atoms with Gasteiger partial charge in [-0.25, -0.2) is 15.4 Å². The van der Waals surface area contributed by atoms with Gasteiger partial charge in [0.05, 0.1) is 12.9 Å².